The Morgan fingerprint density at radius 2 is 1.36 bits per heavy atom. The summed E-state index contributed by atoms with van der Waals surface area (Å²) in [7, 11) is 0. The highest BCUT2D eigenvalue weighted by atomic mass is 32.1. The fourth-order valence-electron chi connectivity index (χ4n) is 3.32. The molecule has 2 rings (SSSR count). The van der Waals surface area contributed by atoms with E-state index in [9.17, 15) is 9.59 Å². The zero-order valence-electron chi connectivity index (χ0n) is 19.1. The molecule has 0 unspecified atom stereocenters. The number of benzene rings is 1. The van der Waals surface area contributed by atoms with Gasteiger partial charge in [-0.15, -0.1) is 0 Å². The van der Waals surface area contributed by atoms with Gasteiger partial charge in [0.15, 0.2) is 5.11 Å². The third kappa shape index (κ3) is 6.95. The van der Waals surface area contributed by atoms with Crippen LogP contribution in [-0.4, -0.2) is 76.3 Å². The van der Waals surface area contributed by atoms with Gasteiger partial charge in [0.25, 0.3) is 11.8 Å². The van der Waals surface area contributed by atoms with Crippen LogP contribution in [0, 0.1) is 0 Å². The fourth-order valence-corrected chi connectivity index (χ4v) is 3.74. The van der Waals surface area contributed by atoms with Crippen LogP contribution in [0.2, 0.25) is 0 Å². The first-order chi connectivity index (χ1) is 16.0. The minimum Gasteiger partial charge on any atom is -0.395 e. The first-order valence-corrected chi connectivity index (χ1v) is 11.3. The number of rotatable bonds is 11. The van der Waals surface area contributed by atoms with Gasteiger partial charge in [0.1, 0.15) is 5.57 Å². The average molecular weight is 470 g/mol. The first-order valence-electron chi connectivity index (χ1n) is 10.9. The van der Waals surface area contributed by atoms with Crippen LogP contribution in [0.5, 0.6) is 0 Å². The van der Waals surface area contributed by atoms with Gasteiger partial charge < -0.3 is 15.1 Å². The average Bonchev–Trinajstić information content (AvgIpc) is 2.81. The van der Waals surface area contributed by atoms with E-state index in [1.165, 1.54) is 15.9 Å². The van der Waals surface area contributed by atoms with Gasteiger partial charge >= 0.3 is 0 Å². The molecule has 0 atom stereocenters. The zero-order valence-corrected chi connectivity index (χ0v) is 19.9. The Kier molecular flexibility index (Phi) is 10.7. The molecule has 1 heterocycles. The van der Waals surface area contributed by atoms with Gasteiger partial charge in [-0.2, -0.15) is 0 Å². The predicted octanol–water partition coefficient (Wildman–Crippen LogP) is 2.53. The van der Waals surface area contributed by atoms with Crippen LogP contribution in [0.4, 0.5) is 5.69 Å². The summed E-state index contributed by atoms with van der Waals surface area (Å²) in [5, 5.41) is 18.5. The van der Waals surface area contributed by atoms with Gasteiger partial charge in [-0.1, -0.05) is 48.6 Å². The van der Waals surface area contributed by atoms with E-state index in [-0.39, 0.29) is 35.7 Å². The lowest BCUT2D eigenvalue weighted by Crippen LogP contribution is -2.55. The van der Waals surface area contributed by atoms with Gasteiger partial charge in [0.2, 0.25) is 0 Å². The van der Waals surface area contributed by atoms with Crippen LogP contribution in [0.15, 0.2) is 66.3 Å². The summed E-state index contributed by atoms with van der Waals surface area (Å²) in [5.41, 5.74) is 2.05. The summed E-state index contributed by atoms with van der Waals surface area (Å²) in [5.74, 6) is -0.739. The topological polar surface area (TPSA) is 84.3 Å². The molecule has 2 amide bonds. The Bertz CT molecular complexity index is 917. The molecule has 1 fully saturated rings. The van der Waals surface area contributed by atoms with Crippen molar-refractivity contribution in [2.75, 3.05) is 44.3 Å². The van der Waals surface area contributed by atoms with Gasteiger partial charge in [0.05, 0.1) is 13.2 Å². The van der Waals surface area contributed by atoms with Gasteiger partial charge in [-0.25, -0.2) is 0 Å². The van der Waals surface area contributed by atoms with Crippen molar-refractivity contribution < 1.29 is 19.8 Å². The standard InChI is InChI=1S/C25H31N3O4S/c1-3-27-23(31)22(24(32)28(4-2)25(27)33)11-9-7-5-6-8-10-20-12-14-21(15-13-20)26(16-18-29)17-19-30/h5-15,29-30H,3-4,16-19H2,1-2H3/b6-5+,9-7+,10-8+. The van der Waals surface area contributed by atoms with E-state index in [2.05, 4.69) is 0 Å². The lowest BCUT2D eigenvalue weighted by atomic mass is 10.1. The number of aliphatic hydroxyl groups is 2. The van der Waals surface area contributed by atoms with E-state index >= 15 is 0 Å². The summed E-state index contributed by atoms with van der Waals surface area (Å²) >= 11 is 5.24. The molecule has 0 bridgehead atoms. The lowest BCUT2D eigenvalue weighted by molar-refractivity contribution is -0.133. The fraction of sp³-hybridized carbons (Fsp3) is 0.320. The molecular weight excluding hydrogens is 438 g/mol. The molecule has 0 aromatic heterocycles. The second-order valence-electron chi connectivity index (χ2n) is 7.12. The number of likely N-dealkylation sites (N-methyl/N-ethyl adjacent to an activating group) is 2. The molecule has 33 heavy (non-hydrogen) atoms. The molecule has 0 spiro atoms. The van der Waals surface area contributed by atoms with E-state index in [1.54, 1.807) is 12.2 Å². The number of allylic oxidation sites excluding steroid dienone is 6. The van der Waals surface area contributed by atoms with Crippen molar-refractivity contribution in [1.82, 2.24) is 9.80 Å². The van der Waals surface area contributed by atoms with Crippen molar-refractivity contribution in [3.05, 3.63) is 71.9 Å². The second-order valence-corrected chi connectivity index (χ2v) is 7.48. The third-order valence-corrected chi connectivity index (χ3v) is 5.48. The Balaban J connectivity index is 1.98. The molecule has 1 aromatic carbocycles. The Hall–Kier alpha value is -3.07. The first kappa shape index (κ1) is 26.2. The van der Waals surface area contributed by atoms with E-state index in [0.717, 1.165) is 11.3 Å². The van der Waals surface area contributed by atoms with E-state index in [4.69, 9.17) is 22.4 Å². The predicted molar refractivity (Wildman–Crippen MR) is 136 cm³/mol. The van der Waals surface area contributed by atoms with Crippen molar-refractivity contribution in [2.45, 2.75) is 13.8 Å². The maximum absolute atomic E-state index is 12.5. The molecule has 1 saturated heterocycles. The largest absolute Gasteiger partial charge is 0.395 e. The molecular formula is C25H31N3O4S. The van der Waals surface area contributed by atoms with Crippen LogP contribution in [0.25, 0.3) is 6.08 Å². The van der Waals surface area contributed by atoms with Crippen LogP contribution in [0.3, 0.4) is 0 Å². The number of hydrogen-bond acceptors (Lipinski definition) is 6. The molecule has 0 aliphatic carbocycles. The number of hydrogen-bond donors (Lipinski definition) is 2. The van der Waals surface area contributed by atoms with Gasteiger partial charge in [-0.05, 0) is 49.8 Å². The number of aliphatic hydroxyl groups excluding tert-OH is 2. The molecule has 0 saturated carbocycles. The van der Waals surface area contributed by atoms with Crippen LogP contribution in [-0.2, 0) is 9.59 Å². The van der Waals surface area contributed by atoms with E-state index < -0.39 is 0 Å². The molecule has 1 aliphatic rings. The number of carbonyl (C=O) groups is 2. The molecule has 176 valence electrons. The Morgan fingerprint density at radius 1 is 0.848 bits per heavy atom. The second kappa shape index (κ2) is 13.5. The highest BCUT2D eigenvalue weighted by Gasteiger charge is 2.37. The molecule has 1 aromatic rings. The molecule has 1 aliphatic heterocycles. The molecule has 7 nitrogen and oxygen atoms in total. The summed E-state index contributed by atoms with van der Waals surface area (Å²) in [6.07, 6.45) is 12.4. The zero-order chi connectivity index (χ0) is 24.2. The maximum atomic E-state index is 12.5. The molecule has 8 heteroatoms. The highest BCUT2D eigenvalue weighted by Crippen LogP contribution is 2.18. The smallest absolute Gasteiger partial charge is 0.265 e. The van der Waals surface area contributed by atoms with Crippen molar-refractivity contribution in [3.63, 3.8) is 0 Å². The highest BCUT2D eigenvalue weighted by molar-refractivity contribution is 7.80. The summed E-state index contributed by atoms with van der Waals surface area (Å²) in [6, 6.07) is 7.82. The minimum absolute atomic E-state index is 0.0279. The summed E-state index contributed by atoms with van der Waals surface area (Å²) in [4.78, 5) is 29.8. The van der Waals surface area contributed by atoms with Crippen molar-refractivity contribution >= 4 is 40.9 Å². The number of amides is 2. The van der Waals surface area contributed by atoms with Crippen molar-refractivity contribution in [3.8, 4) is 0 Å². The minimum atomic E-state index is -0.370. The van der Waals surface area contributed by atoms with Crippen LogP contribution in [0.1, 0.15) is 19.4 Å². The lowest BCUT2D eigenvalue weighted by Gasteiger charge is -2.35. The summed E-state index contributed by atoms with van der Waals surface area (Å²) in [6.45, 7) is 5.47. The number of nitrogens with zero attached hydrogens (tertiary/aromatic N) is 3. The number of anilines is 1. The van der Waals surface area contributed by atoms with Crippen molar-refractivity contribution in [2.24, 2.45) is 0 Å². The SMILES string of the molecule is CCN1C(=O)C(=C/C=C/C=C/C=C/c2ccc(N(CCO)CCO)cc2)C(=O)N(CC)C1=S. The van der Waals surface area contributed by atoms with E-state index in [1.807, 2.05) is 67.3 Å². The summed E-state index contributed by atoms with van der Waals surface area (Å²) < 4.78 is 0. The van der Waals surface area contributed by atoms with Gasteiger partial charge in [0, 0.05) is 31.9 Å². The van der Waals surface area contributed by atoms with Crippen LogP contribution < -0.4 is 4.90 Å². The Labute approximate surface area is 200 Å². The van der Waals surface area contributed by atoms with Gasteiger partial charge in [-0.3, -0.25) is 19.4 Å². The maximum Gasteiger partial charge on any atom is 0.265 e. The Morgan fingerprint density at radius 3 is 1.88 bits per heavy atom. The van der Waals surface area contributed by atoms with E-state index in [0.29, 0.717) is 26.2 Å². The monoisotopic (exact) mass is 469 g/mol. The van der Waals surface area contributed by atoms with Crippen molar-refractivity contribution in [1.29, 1.82) is 0 Å². The molecule has 0 radical (unpaired) electrons. The quantitative estimate of drug-likeness (QED) is 0.224. The van der Waals surface area contributed by atoms with Crippen LogP contribution >= 0.6 is 12.2 Å². The number of thiocarbonyl (C=S) groups is 1. The normalized spacial score (nSPS) is 15.0. The third-order valence-electron chi connectivity index (χ3n) is 5.04. The number of carbonyl (C=O) groups excluding carboxylic acids is 2. The molecule has 2 N–H and O–H groups in total.